The van der Waals surface area contributed by atoms with Gasteiger partial charge < -0.3 is 14.8 Å². The van der Waals surface area contributed by atoms with Crippen LogP contribution in [0.25, 0.3) is 0 Å². The SMILES string of the molecule is CCNCCOCCc1cc(Cl)c(OCC)cc1Cl. The fraction of sp³-hybridized carbons (Fsp3) is 0.571. The lowest BCUT2D eigenvalue weighted by Gasteiger charge is -2.10. The van der Waals surface area contributed by atoms with Crippen molar-refractivity contribution < 1.29 is 9.47 Å². The molecule has 0 aliphatic rings. The topological polar surface area (TPSA) is 30.5 Å². The fourth-order valence-corrected chi connectivity index (χ4v) is 2.12. The number of benzene rings is 1. The molecule has 0 amide bonds. The number of hydrogen-bond acceptors (Lipinski definition) is 3. The van der Waals surface area contributed by atoms with Crippen LogP contribution in [0.4, 0.5) is 0 Å². The van der Waals surface area contributed by atoms with Gasteiger partial charge in [-0.1, -0.05) is 30.1 Å². The van der Waals surface area contributed by atoms with Gasteiger partial charge in [0.25, 0.3) is 0 Å². The number of halogens is 2. The maximum absolute atomic E-state index is 6.19. The quantitative estimate of drug-likeness (QED) is 0.708. The summed E-state index contributed by atoms with van der Waals surface area (Å²) < 4.78 is 10.9. The monoisotopic (exact) mass is 305 g/mol. The zero-order valence-corrected chi connectivity index (χ0v) is 13.0. The van der Waals surface area contributed by atoms with E-state index in [0.29, 0.717) is 35.6 Å². The first-order valence-corrected chi connectivity index (χ1v) is 7.33. The molecule has 0 fully saturated rings. The lowest BCUT2D eigenvalue weighted by molar-refractivity contribution is 0.139. The Morgan fingerprint density at radius 2 is 1.89 bits per heavy atom. The Hall–Kier alpha value is -0.480. The highest BCUT2D eigenvalue weighted by Gasteiger charge is 2.08. The van der Waals surface area contributed by atoms with Gasteiger partial charge in [-0.3, -0.25) is 0 Å². The van der Waals surface area contributed by atoms with Gasteiger partial charge in [0.2, 0.25) is 0 Å². The molecule has 0 saturated carbocycles. The van der Waals surface area contributed by atoms with Gasteiger partial charge >= 0.3 is 0 Å². The molecule has 1 aromatic carbocycles. The first-order valence-electron chi connectivity index (χ1n) is 6.58. The van der Waals surface area contributed by atoms with Crippen LogP contribution in [-0.2, 0) is 11.2 Å². The Kier molecular flexibility index (Phi) is 8.22. The van der Waals surface area contributed by atoms with E-state index < -0.39 is 0 Å². The Morgan fingerprint density at radius 3 is 2.58 bits per heavy atom. The molecule has 1 rings (SSSR count). The van der Waals surface area contributed by atoms with Crippen molar-refractivity contribution in [3.8, 4) is 5.75 Å². The molecule has 0 bridgehead atoms. The molecule has 5 heteroatoms. The Bertz CT molecular complexity index is 386. The largest absolute Gasteiger partial charge is 0.492 e. The van der Waals surface area contributed by atoms with Gasteiger partial charge in [0, 0.05) is 17.6 Å². The molecule has 0 aliphatic carbocycles. The first kappa shape index (κ1) is 16.6. The summed E-state index contributed by atoms with van der Waals surface area (Å²) in [4.78, 5) is 0. The van der Waals surface area contributed by atoms with Gasteiger partial charge in [-0.05, 0) is 31.5 Å². The van der Waals surface area contributed by atoms with E-state index >= 15 is 0 Å². The summed E-state index contributed by atoms with van der Waals surface area (Å²) in [5.41, 5.74) is 0.985. The maximum Gasteiger partial charge on any atom is 0.139 e. The summed E-state index contributed by atoms with van der Waals surface area (Å²) in [6.45, 7) is 7.73. The highest BCUT2D eigenvalue weighted by molar-refractivity contribution is 6.34. The van der Waals surface area contributed by atoms with Crippen LogP contribution in [-0.4, -0.2) is 32.9 Å². The van der Waals surface area contributed by atoms with Crippen LogP contribution in [0.15, 0.2) is 12.1 Å². The van der Waals surface area contributed by atoms with Crippen LogP contribution in [0, 0.1) is 0 Å². The minimum absolute atomic E-state index is 0.572. The third-order valence-corrected chi connectivity index (χ3v) is 3.24. The van der Waals surface area contributed by atoms with Gasteiger partial charge in [-0.25, -0.2) is 0 Å². The highest BCUT2D eigenvalue weighted by atomic mass is 35.5. The molecule has 0 spiro atoms. The molecule has 1 aromatic rings. The molecule has 0 aliphatic heterocycles. The normalized spacial score (nSPS) is 10.7. The molecule has 1 N–H and O–H groups in total. The van der Waals surface area contributed by atoms with Crippen LogP contribution in [0.5, 0.6) is 5.75 Å². The Balaban J connectivity index is 2.43. The molecule has 0 unspecified atom stereocenters. The van der Waals surface area contributed by atoms with E-state index in [1.165, 1.54) is 0 Å². The highest BCUT2D eigenvalue weighted by Crippen LogP contribution is 2.31. The van der Waals surface area contributed by atoms with E-state index in [0.717, 1.165) is 25.1 Å². The zero-order valence-electron chi connectivity index (χ0n) is 11.5. The van der Waals surface area contributed by atoms with Gasteiger partial charge in [0.15, 0.2) is 0 Å². The first-order chi connectivity index (χ1) is 9.19. The van der Waals surface area contributed by atoms with Gasteiger partial charge in [-0.15, -0.1) is 0 Å². The molecule has 108 valence electrons. The van der Waals surface area contributed by atoms with Crippen molar-refractivity contribution in [3.63, 3.8) is 0 Å². The zero-order chi connectivity index (χ0) is 14.1. The van der Waals surface area contributed by atoms with Gasteiger partial charge in [0.1, 0.15) is 5.75 Å². The van der Waals surface area contributed by atoms with Crippen LogP contribution in [0.1, 0.15) is 19.4 Å². The van der Waals surface area contributed by atoms with Crippen molar-refractivity contribution in [2.24, 2.45) is 0 Å². The standard InChI is InChI=1S/C14H21Cl2NO2/c1-3-17-6-8-18-7-5-11-9-13(16)14(19-4-2)10-12(11)15/h9-10,17H,3-8H2,1-2H3. The van der Waals surface area contributed by atoms with E-state index in [2.05, 4.69) is 12.2 Å². The van der Waals surface area contributed by atoms with Crippen molar-refractivity contribution in [3.05, 3.63) is 27.7 Å². The predicted molar refractivity (Wildman–Crippen MR) is 80.7 cm³/mol. The lowest BCUT2D eigenvalue weighted by Crippen LogP contribution is -2.19. The molecule has 0 heterocycles. The summed E-state index contributed by atoms with van der Waals surface area (Å²) in [7, 11) is 0. The van der Waals surface area contributed by atoms with Gasteiger partial charge in [-0.2, -0.15) is 0 Å². The number of hydrogen-bond donors (Lipinski definition) is 1. The smallest absolute Gasteiger partial charge is 0.139 e. The molecular formula is C14H21Cl2NO2. The molecular weight excluding hydrogens is 285 g/mol. The molecule has 0 atom stereocenters. The van der Waals surface area contributed by atoms with Gasteiger partial charge in [0.05, 0.1) is 24.8 Å². The van der Waals surface area contributed by atoms with E-state index in [1.807, 2.05) is 13.0 Å². The summed E-state index contributed by atoms with van der Waals surface area (Å²) in [5.74, 6) is 0.631. The van der Waals surface area contributed by atoms with Crippen molar-refractivity contribution in [2.45, 2.75) is 20.3 Å². The third-order valence-electron chi connectivity index (χ3n) is 2.59. The van der Waals surface area contributed by atoms with Crippen LogP contribution < -0.4 is 10.1 Å². The predicted octanol–water partition coefficient (Wildman–Crippen LogP) is 3.56. The van der Waals surface area contributed by atoms with Crippen molar-refractivity contribution >= 4 is 23.2 Å². The molecule has 19 heavy (non-hydrogen) atoms. The second-order valence-electron chi connectivity index (χ2n) is 4.02. The van der Waals surface area contributed by atoms with Crippen molar-refractivity contribution in [2.75, 3.05) is 32.9 Å². The number of nitrogens with one attached hydrogen (secondary N) is 1. The average molecular weight is 306 g/mol. The van der Waals surface area contributed by atoms with Crippen LogP contribution in [0.2, 0.25) is 10.0 Å². The van der Waals surface area contributed by atoms with Crippen molar-refractivity contribution in [1.29, 1.82) is 0 Å². The Labute approximate surface area is 125 Å². The van der Waals surface area contributed by atoms with E-state index in [4.69, 9.17) is 32.7 Å². The second-order valence-corrected chi connectivity index (χ2v) is 4.84. The summed E-state index contributed by atoms with van der Waals surface area (Å²) in [5, 5.41) is 4.46. The van der Waals surface area contributed by atoms with E-state index in [-0.39, 0.29) is 0 Å². The maximum atomic E-state index is 6.19. The molecule has 0 saturated heterocycles. The van der Waals surface area contributed by atoms with Crippen LogP contribution >= 0.6 is 23.2 Å². The third kappa shape index (κ3) is 6.00. The molecule has 3 nitrogen and oxygen atoms in total. The average Bonchev–Trinajstić information content (AvgIpc) is 2.39. The Morgan fingerprint density at radius 1 is 1.11 bits per heavy atom. The summed E-state index contributed by atoms with van der Waals surface area (Å²) in [6, 6.07) is 3.61. The van der Waals surface area contributed by atoms with E-state index in [1.54, 1.807) is 6.07 Å². The summed E-state index contributed by atoms with van der Waals surface area (Å²) in [6.07, 6.45) is 0.747. The van der Waals surface area contributed by atoms with E-state index in [9.17, 15) is 0 Å². The molecule has 0 radical (unpaired) electrons. The minimum atomic E-state index is 0.572. The number of likely N-dealkylation sites (N-methyl/N-ethyl adjacent to an activating group) is 1. The second kappa shape index (κ2) is 9.43. The minimum Gasteiger partial charge on any atom is -0.492 e. The van der Waals surface area contributed by atoms with Crippen molar-refractivity contribution in [1.82, 2.24) is 5.32 Å². The fourth-order valence-electron chi connectivity index (χ4n) is 1.63. The number of rotatable bonds is 9. The summed E-state index contributed by atoms with van der Waals surface area (Å²) >= 11 is 12.3. The molecule has 0 aromatic heterocycles. The van der Waals surface area contributed by atoms with Crippen LogP contribution in [0.3, 0.4) is 0 Å². The lowest BCUT2D eigenvalue weighted by atomic mass is 10.1. The number of ether oxygens (including phenoxy) is 2.